The lowest BCUT2D eigenvalue weighted by molar-refractivity contribution is 0.0808. The summed E-state index contributed by atoms with van der Waals surface area (Å²) in [4.78, 5) is 24.5. The van der Waals surface area contributed by atoms with Crippen molar-refractivity contribution in [2.45, 2.75) is 30.9 Å². The van der Waals surface area contributed by atoms with Gasteiger partial charge in [0.2, 0.25) is 10.0 Å². The lowest BCUT2D eigenvalue weighted by Crippen LogP contribution is -2.43. The molecule has 10 heteroatoms. The minimum absolute atomic E-state index is 0.00220. The highest BCUT2D eigenvalue weighted by Crippen LogP contribution is 2.44. The van der Waals surface area contributed by atoms with Crippen LogP contribution >= 0.6 is 0 Å². The van der Waals surface area contributed by atoms with Crippen molar-refractivity contribution in [2.75, 3.05) is 19.7 Å². The predicted octanol–water partition coefficient (Wildman–Crippen LogP) is 6.44. The van der Waals surface area contributed by atoms with E-state index in [1.807, 2.05) is 53.1 Å². The number of hydrogen-bond donors (Lipinski definition) is 0. The standard InChI is InChI=1S/C36H33N5O4S/c1-24-15-17-39(36(42)45-22-31-28-13-7-5-11-26(28)27-12-6-8-14-29(27)31)21-30(24)33-19-37-34-20-38-35-32(41(33)34)16-18-40(35)46(43,44)23-25-9-3-2-4-10-25/h2-14,16,18-20,24,30-31H,15,17,21-23H2,1H3. The third-order valence-corrected chi connectivity index (χ3v) is 11.2. The Bertz CT molecular complexity index is 2160. The van der Waals surface area contributed by atoms with Gasteiger partial charge in [-0.25, -0.2) is 27.2 Å². The Hall–Kier alpha value is -4.96. The zero-order valence-corrected chi connectivity index (χ0v) is 26.2. The van der Waals surface area contributed by atoms with Gasteiger partial charge >= 0.3 is 6.09 Å². The summed E-state index contributed by atoms with van der Waals surface area (Å²) in [5.41, 5.74) is 8.02. The normalized spacial score (nSPS) is 18.2. The SMILES string of the molecule is CC1CCN(C(=O)OCC2c3ccccc3-c3ccccc32)CC1c1cnc2cnc3c(ccn3S(=O)(=O)Cc3ccccc3)n12. The molecule has 3 aromatic heterocycles. The van der Waals surface area contributed by atoms with Gasteiger partial charge in [-0.1, -0.05) is 85.8 Å². The lowest BCUT2D eigenvalue weighted by Gasteiger charge is -2.36. The topological polar surface area (TPSA) is 98.8 Å². The molecule has 4 heterocycles. The largest absolute Gasteiger partial charge is 0.448 e. The first-order valence-electron chi connectivity index (χ1n) is 15.6. The molecule has 1 saturated heterocycles. The number of piperidine rings is 1. The van der Waals surface area contributed by atoms with Crippen LogP contribution in [0.5, 0.6) is 0 Å². The van der Waals surface area contributed by atoms with E-state index in [1.165, 1.54) is 26.2 Å². The molecule has 3 aromatic carbocycles. The van der Waals surface area contributed by atoms with Crippen molar-refractivity contribution >= 4 is 32.9 Å². The maximum Gasteiger partial charge on any atom is 0.409 e. The van der Waals surface area contributed by atoms with E-state index < -0.39 is 10.0 Å². The maximum atomic E-state index is 13.5. The highest BCUT2D eigenvalue weighted by atomic mass is 32.2. The van der Waals surface area contributed by atoms with Gasteiger partial charge in [0, 0.05) is 43.0 Å². The summed E-state index contributed by atoms with van der Waals surface area (Å²) in [6, 6.07) is 27.5. The number of amides is 1. The Morgan fingerprint density at radius 2 is 1.59 bits per heavy atom. The van der Waals surface area contributed by atoms with Gasteiger partial charge in [-0.15, -0.1) is 0 Å². The predicted molar refractivity (Wildman–Crippen MR) is 176 cm³/mol. The zero-order chi connectivity index (χ0) is 31.4. The van der Waals surface area contributed by atoms with Crippen LogP contribution in [0.3, 0.4) is 0 Å². The summed E-state index contributed by atoms with van der Waals surface area (Å²) in [5.74, 6) is 0.101. The molecular formula is C36H33N5O4S. The Kier molecular flexibility index (Phi) is 6.90. The third kappa shape index (κ3) is 4.75. The van der Waals surface area contributed by atoms with E-state index in [-0.39, 0.29) is 36.2 Å². The molecule has 0 N–H and O–H groups in total. The van der Waals surface area contributed by atoms with Crippen LogP contribution in [0.2, 0.25) is 0 Å². The Balaban J connectivity index is 1.05. The first kappa shape index (κ1) is 28.5. The van der Waals surface area contributed by atoms with Crippen molar-refractivity contribution in [3.63, 3.8) is 0 Å². The van der Waals surface area contributed by atoms with Gasteiger partial charge in [0.05, 0.1) is 17.5 Å². The highest BCUT2D eigenvalue weighted by molar-refractivity contribution is 7.89. The molecule has 9 nitrogen and oxygen atoms in total. The minimum Gasteiger partial charge on any atom is -0.448 e. The molecule has 2 aliphatic rings. The molecule has 0 bridgehead atoms. The molecule has 1 fully saturated rings. The number of likely N-dealkylation sites (tertiary alicyclic amines) is 1. The molecule has 1 aliphatic carbocycles. The average molecular weight is 632 g/mol. The number of fused-ring (bicyclic) bond motifs is 6. The second kappa shape index (κ2) is 11.1. The molecule has 0 radical (unpaired) electrons. The fourth-order valence-corrected chi connectivity index (χ4v) is 8.60. The summed E-state index contributed by atoms with van der Waals surface area (Å²) in [6.07, 6.45) is 5.48. The van der Waals surface area contributed by atoms with Gasteiger partial charge in [0.1, 0.15) is 6.61 Å². The van der Waals surface area contributed by atoms with Gasteiger partial charge in [-0.2, -0.15) is 0 Å². The van der Waals surface area contributed by atoms with Crippen LogP contribution in [0.25, 0.3) is 27.9 Å². The average Bonchev–Trinajstić information content (AvgIpc) is 3.78. The Labute approximate surface area is 267 Å². The molecule has 0 saturated carbocycles. The monoisotopic (exact) mass is 631 g/mol. The van der Waals surface area contributed by atoms with E-state index in [2.05, 4.69) is 41.2 Å². The number of hydrogen-bond acceptors (Lipinski definition) is 6. The van der Waals surface area contributed by atoms with E-state index in [9.17, 15) is 13.2 Å². The van der Waals surface area contributed by atoms with Crippen LogP contribution in [0.1, 0.15) is 47.6 Å². The number of benzene rings is 3. The first-order chi connectivity index (χ1) is 22.4. The number of imidazole rings is 1. The fourth-order valence-electron chi connectivity index (χ4n) is 7.19. The number of nitrogens with zero attached hydrogens (tertiary/aromatic N) is 5. The molecular weight excluding hydrogens is 598 g/mol. The number of ether oxygens (including phenoxy) is 1. The summed E-state index contributed by atoms with van der Waals surface area (Å²) in [6.45, 7) is 3.54. The van der Waals surface area contributed by atoms with Crippen LogP contribution in [-0.4, -0.2) is 57.4 Å². The molecule has 6 aromatic rings. The van der Waals surface area contributed by atoms with Crippen molar-refractivity contribution in [2.24, 2.45) is 5.92 Å². The second-order valence-electron chi connectivity index (χ2n) is 12.3. The fraction of sp³-hybridized carbons (Fsp3) is 0.250. The molecule has 2 unspecified atom stereocenters. The van der Waals surface area contributed by atoms with Crippen LogP contribution < -0.4 is 0 Å². The smallest absolute Gasteiger partial charge is 0.409 e. The number of carbonyl (C=O) groups excluding carboxylic acids is 1. The minimum atomic E-state index is -3.72. The van der Waals surface area contributed by atoms with Crippen LogP contribution in [0.15, 0.2) is 104 Å². The van der Waals surface area contributed by atoms with E-state index in [0.29, 0.717) is 35.5 Å². The van der Waals surface area contributed by atoms with Gasteiger partial charge < -0.3 is 9.64 Å². The van der Waals surface area contributed by atoms with Gasteiger partial charge in [0.15, 0.2) is 11.3 Å². The number of rotatable bonds is 6. The van der Waals surface area contributed by atoms with Crippen LogP contribution in [-0.2, 0) is 20.5 Å². The van der Waals surface area contributed by atoms with Crippen LogP contribution in [0.4, 0.5) is 4.79 Å². The lowest BCUT2D eigenvalue weighted by atomic mass is 9.85. The van der Waals surface area contributed by atoms with Gasteiger partial charge in [-0.3, -0.25) is 4.40 Å². The van der Waals surface area contributed by atoms with Crippen molar-refractivity contribution in [3.8, 4) is 11.1 Å². The van der Waals surface area contributed by atoms with Crippen molar-refractivity contribution in [1.29, 1.82) is 0 Å². The van der Waals surface area contributed by atoms with Gasteiger partial charge in [-0.05, 0) is 46.2 Å². The molecule has 8 rings (SSSR count). The van der Waals surface area contributed by atoms with Crippen molar-refractivity contribution < 1.29 is 17.9 Å². The molecule has 46 heavy (non-hydrogen) atoms. The van der Waals surface area contributed by atoms with Crippen molar-refractivity contribution in [1.82, 2.24) is 23.2 Å². The number of aromatic nitrogens is 4. The molecule has 1 aliphatic heterocycles. The summed E-state index contributed by atoms with van der Waals surface area (Å²) >= 11 is 0. The van der Waals surface area contributed by atoms with E-state index >= 15 is 0 Å². The molecule has 2 atom stereocenters. The quantitative estimate of drug-likeness (QED) is 0.210. The van der Waals surface area contributed by atoms with Crippen molar-refractivity contribution in [3.05, 3.63) is 126 Å². The van der Waals surface area contributed by atoms with Crippen LogP contribution in [0, 0.1) is 5.92 Å². The third-order valence-electron chi connectivity index (χ3n) is 9.59. The Morgan fingerprint density at radius 1 is 0.891 bits per heavy atom. The first-order valence-corrected chi connectivity index (χ1v) is 17.2. The molecule has 1 amide bonds. The molecule has 232 valence electrons. The number of carbonyl (C=O) groups is 1. The summed E-state index contributed by atoms with van der Waals surface area (Å²) < 4.78 is 36.1. The van der Waals surface area contributed by atoms with E-state index in [4.69, 9.17) is 4.74 Å². The summed E-state index contributed by atoms with van der Waals surface area (Å²) in [5, 5.41) is 0. The maximum absolute atomic E-state index is 13.5. The summed E-state index contributed by atoms with van der Waals surface area (Å²) in [7, 11) is -3.72. The molecule has 0 spiro atoms. The zero-order valence-electron chi connectivity index (χ0n) is 25.4. The van der Waals surface area contributed by atoms with Gasteiger partial charge in [0.25, 0.3) is 0 Å². The van der Waals surface area contributed by atoms with E-state index in [0.717, 1.165) is 12.1 Å². The van der Waals surface area contributed by atoms with E-state index in [1.54, 1.807) is 35.5 Å². The second-order valence-corrected chi connectivity index (χ2v) is 14.2. The Morgan fingerprint density at radius 3 is 2.33 bits per heavy atom. The highest BCUT2D eigenvalue weighted by Gasteiger charge is 2.35.